The topological polar surface area (TPSA) is 3.24 Å². The molecule has 0 amide bonds. The molecule has 0 N–H and O–H groups in total. The Morgan fingerprint density at radius 2 is 1.69 bits per heavy atom. The van der Waals surface area contributed by atoms with Crippen LogP contribution in [0.1, 0.15) is 13.8 Å². The first-order chi connectivity index (χ1) is 7.86. The number of anilines is 1. The Morgan fingerprint density at radius 3 is 2.31 bits per heavy atom. The van der Waals surface area contributed by atoms with Gasteiger partial charge in [0, 0.05) is 0 Å². The van der Waals surface area contributed by atoms with Gasteiger partial charge in [-0.15, -0.1) is 0 Å². The molecule has 2 rings (SSSR count). The van der Waals surface area contributed by atoms with E-state index in [4.69, 9.17) is 0 Å². The van der Waals surface area contributed by atoms with E-state index in [2.05, 4.69) is 60.1 Å². The fourth-order valence-electron chi connectivity index (χ4n) is 1.92. The molecule has 84 valence electrons. The van der Waals surface area contributed by atoms with Crippen molar-refractivity contribution in [1.82, 2.24) is 0 Å². The molecule has 0 saturated carbocycles. The zero-order valence-corrected chi connectivity index (χ0v) is 11.5. The molecule has 0 aliphatic carbocycles. The van der Waals surface area contributed by atoms with E-state index in [0.29, 0.717) is 14.5 Å². The van der Waals surface area contributed by atoms with Gasteiger partial charge in [0.25, 0.3) is 0 Å². The summed E-state index contributed by atoms with van der Waals surface area (Å²) in [6.07, 6.45) is 0. The standard InChI is InChI=1S/C14H17NSe/c1-3-15(4-2)13-10-11-16-14(13)12-8-6-5-7-9-12/h5-11H,3-4H2,1-2H3. The molecule has 2 heteroatoms. The fraction of sp³-hybridized carbons (Fsp3) is 0.286. The summed E-state index contributed by atoms with van der Waals surface area (Å²) < 4.78 is 1.52. The summed E-state index contributed by atoms with van der Waals surface area (Å²) in [5.74, 6) is 0. The maximum absolute atomic E-state index is 2.44. The van der Waals surface area contributed by atoms with Gasteiger partial charge in [-0.1, -0.05) is 0 Å². The molecule has 1 aromatic heterocycles. The quantitative estimate of drug-likeness (QED) is 0.776. The minimum absolute atomic E-state index is 0.499. The van der Waals surface area contributed by atoms with Crippen LogP contribution in [0.2, 0.25) is 0 Å². The van der Waals surface area contributed by atoms with Gasteiger partial charge >= 0.3 is 103 Å². The van der Waals surface area contributed by atoms with Gasteiger partial charge in [0.05, 0.1) is 0 Å². The minimum atomic E-state index is 0.499. The van der Waals surface area contributed by atoms with Gasteiger partial charge in [-0.2, -0.15) is 0 Å². The van der Waals surface area contributed by atoms with Crippen LogP contribution in [-0.4, -0.2) is 27.6 Å². The molecule has 0 spiro atoms. The van der Waals surface area contributed by atoms with Crippen LogP contribution in [-0.2, 0) is 0 Å². The first-order valence-corrected chi connectivity index (χ1v) is 7.59. The van der Waals surface area contributed by atoms with Crippen molar-refractivity contribution in [2.45, 2.75) is 13.8 Å². The van der Waals surface area contributed by atoms with E-state index in [1.807, 2.05) is 0 Å². The normalized spacial score (nSPS) is 10.4. The van der Waals surface area contributed by atoms with E-state index >= 15 is 0 Å². The zero-order chi connectivity index (χ0) is 11.4. The molecule has 0 atom stereocenters. The van der Waals surface area contributed by atoms with Gasteiger partial charge < -0.3 is 0 Å². The third-order valence-corrected chi connectivity index (χ3v) is 4.78. The number of hydrogen-bond acceptors (Lipinski definition) is 1. The van der Waals surface area contributed by atoms with E-state index < -0.39 is 0 Å². The van der Waals surface area contributed by atoms with E-state index in [-0.39, 0.29) is 0 Å². The molecule has 0 radical (unpaired) electrons. The van der Waals surface area contributed by atoms with Gasteiger partial charge in [-0.05, 0) is 0 Å². The van der Waals surface area contributed by atoms with Crippen LogP contribution < -0.4 is 4.90 Å². The molecule has 1 heterocycles. The second-order valence-corrected chi connectivity index (χ2v) is 5.60. The van der Waals surface area contributed by atoms with Crippen molar-refractivity contribution in [2.24, 2.45) is 0 Å². The van der Waals surface area contributed by atoms with Crippen LogP contribution in [0.25, 0.3) is 10.0 Å². The van der Waals surface area contributed by atoms with Gasteiger partial charge in [0.2, 0.25) is 0 Å². The molecule has 1 aromatic carbocycles. The van der Waals surface area contributed by atoms with Crippen molar-refractivity contribution in [1.29, 1.82) is 0 Å². The number of benzene rings is 1. The first-order valence-electron chi connectivity index (χ1n) is 5.74. The van der Waals surface area contributed by atoms with Gasteiger partial charge in [0.15, 0.2) is 0 Å². The molecular formula is C14H17NSe. The van der Waals surface area contributed by atoms with Crippen LogP contribution in [0.4, 0.5) is 5.69 Å². The predicted octanol–water partition coefficient (Wildman–Crippen LogP) is 3.26. The monoisotopic (exact) mass is 279 g/mol. The summed E-state index contributed by atoms with van der Waals surface area (Å²) >= 11 is 0.499. The van der Waals surface area contributed by atoms with Crippen LogP contribution in [0, 0.1) is 0 Å². The molecule has 16 heavy (non-hydrogen) atoms. The van der Waals surface area contributed by atoms with Gasteiger partial charge in [0.1, 0.15) is 0 Å². The molecule has 0 aliphatic rings. The second kappa shape index (κ2) is 5.38. The Kier molecular flexibility index (Phi) is 3.87. The van der Waals surface area contributed by atoms with E-state index in [9.17, 15) is 0 Å². The summed E-state index contributed by atoms with van der Waals surface area (Å²) in [6.45, 7) is 6.61. The van der Waals surface area contributed by atoms with E-state index in [1.165, 1.54) is 15.7 Å². The van der Waals surface area contributed by atoms with Crippen molar-refractivity contribution in [3.8, 4) is 10.0 Å². The van der Waals surface area contributed by atoms with Gasteiger partial charge in [-0.25, -0.2) is 0 Å². The Hall–Kier alpha value is -0.981. The molecule has 0 unspecified atom stereocenters. The molecule has 0 aliphatic heterocycles. The van der Waals surface area contributed by atoms with E-state index in [0.717, 1.165) is 13.1 Å². The van der Waals surface area contributed by atoms with Crippen molar-refractivity contribution in [3.05, 3.63) is 41.3 Å². The predicted molar refractivity (Wildman–Crippen MR) is 72.4 cm³/mol. The number of nitrogens with zero attached hydrogens (tertiary/aromatic N) is 1. The summed E-state index contributed by atoms with van der Waals surface area (Å²) in [5.41, 5.74) is 2.81. The number of rotatable bonds is 4. The van der Waals surface area contributed by atoms with Crippen LogP contribution in [0.15, 0.2) is 41.3 Å². The zero-order valence-electron chi connectivity index (χ0n) is 9.81. The molecule has 0 fully saturated rings. The second-order valence-electron chi connectivity index (χ2n) is 3.67. The summed E-state index contributed by atoms with van der Waals surface area (Å²) in [5, 5.41) is 0. The van der Waals surface area contributed by atoms with Crippen molar-refractivity contribution < 1.29 is 0 Å². The third kappa shape index (κ3) is 2.23. The van der Waals surface area contributed by atoms with Crippen molar-refractivity contribution in [3.63, 3.8) is 0 Å². The van der Waals surface area contributed by atoms with E-state index in [1.54, 1.807) is 0 Å². The average molecular weight is 278 g/mol. The molecule has 2 aromatic rings. The van der Waals surface area contributed by atoms with Crippen LogP contribution in [0.5, 0.6) is 0 Å². The summed E-state index contributed by atoms with van der Waals surface area (Å²) in [6, 6.07) is 13.0. The average Bonchev–Trinajstić information content (AvgIpc) is 2.81. The Morgan fingerprint density at radius 1 is 1.00 bits per heavy atom. The summed E-state index contributed by atoms with van der Waals surface area (Å²) in [4.78, 5) is 4.76. The van der Waals surface area contributed by atoms with Crippen LogP contribution >= 0.6 is 0 Å². The van der Waals surface area contributed by atoms with Gasteiger partial charge in [-0.3, -0.25) is 0 Å². The van der Waals surface area contributed by atoms with Crippen molar-refractivity contribution >= 4 is 20.2 Å². The Bertz CT molecular complexity index is 429. The van der Waals surface area contributed by atoms with Crippen LogP contribution in [0.3, 0.4) is 0 Å². The molecular weight excluding hydrogens is 261 g/mol. The molecule has 0 saturated heterocycles. The third-order valence-electron chi connectivity index (χ3n) is 2.78. The Labute approximate surface area is 103 Å². The SMILES string of the molecule is CCN(CC)c1cc[se]c1-c1ccccc1. The summed E-state index contributed by atoms with van der Waals surface area (Å²) in [7, 11) is 0. The maximum atomic E-state index is 2.44. The molecule has 1 nitrogen and oxygen atoms in total. The first kappa shape index (κ1) is 11.5. The van der Waals surface area contributed by atoms with Crippen molar-refractivity contribution in [2.75, 3.05) is 18.0 Å². The fourth-order valence-corrected chi connectivity index (χ4v) is 3.86. The molecule has 0 bridgehead atoms. The number of hydrogen-bond donors (Lipinski definition) is 0. The Balaban J connectivity index is 2.40.